The molecule has 0 aliphatic carbocycles. The van der Waals surface area contributed by atoms with Gasteiger partial charge in [0, 0.05) is 11.0 Å². The smallest absolute Gasteiger partial charge is 0.248 e. The Morgan fingerprint density at radius 3 is 2.38 bits per heavy atom. The summed E-state index contributed by atoms with van der Waals surface area (Å²) < 4.78 is 0. The normalized spacial score (nSPS) is 11.3. The van der Waals surface area contributed by atoms with E-state index in [0.717, 1.165) is 10.6 Å². The topological polar surface area (TPSA) is 29.1 Å². The number of anilines is 1. The van der Waals surface area contributed by atoms with Gasteiger partial charge in [-0.2, -0.15) is 0 Å². The zero-order valence-electron chi connectivity index (χ0n) is 12.9. The highest BCUT2D eigenvalue weighted by Crippen LogP contribution is 2.25. The van der Waals surface area contributed by atoms with Gasteiger partial charge in [-0.3, -0.25) is 4.79 Å². The Balaban J connectivity index is 1.98. The first-order valence-corrected chi connectivity index (χ1v) is 7.93. The van der Waals surface area contributed by atoms with E-state index in [1.807, 2.05) is 31.2 Å². The number of hydrogen-bond donors (Lipinski definition) is 1. The maximum Gasteiger partial charge on any atom is 0.248 e. The first kappa shape index (κ1) is 15.5. The molecule has 0 radical (unpaired) electrons. The van der Waals surface area contributed by atoms with E-state index in [9.17, 15) is 4.79 Å². The van der Waals surface area contributed by atoms with Gasteiger partial charge in [0.1, 0.15) is 0 Å². The molecule has 21 heavy (non-hydrogen) atoms. The number of thiophene rings is 1. The van der Waals surface area contributed by atoms with Gasteiger partial charge in [0.25, 0.3) is 0 Å². The fourth-order valence-corrected chi connectivity index (χ4v) is 2.90. The van der Waals surface area contributed by atoms with E-state index in [0.29, 0.717) is 5.92 Å². The van der Waals surface area contributed by atoms with E-state index in [4.69, 9.17) is 0 Å². The second kappa shape index (κ2) is 6.72. The van der Waals surface area contributed by atoms with Crippen molar-refractivity contribution < 1.29 is 4.79 Å². The van der Waals surface area contributed by atoms with E-state index in [2.05, 4.69) is 38.2 Å². The average molecular weight is 299 g/mol. The Labute approximate surface area is 130 Å². The van der Waals surface area contributed by atoms with E-state index < -0.39 is 0 Å². The summed E-state index contributed by atoms with van der Waals surface area (Å²) in [5.74, 6) is 0.431. The molecule has 0 saturated carbocycles. The summed E-state index contributed by atoms with van der Waals surface area (Å²) in [5.41, 5.74) is 3.55. The molecule has 1 aromatic carbocycles. The predicted molar refractivity (Wildman–Crippen MR) is 92.0 cm³/mol. The maximum absolute atomic E-state index is 11.9. The first-order chi connectivity index (χ1) is 9.95. The summed E-state index contributed by atoms with van der Waals surface area (Å²) in [4.78, 5) is 13.1. The summed E-state index contributed by atoms with van der Waals surface area (Å²) in [5, 5.41) is 3.79. The number of hydrogen-bond acceptors (Lipinski definition) is 2. The number of carbonyl (C=O) groups is 1. The Morgan fingerprint density at radius 1 is 1.19 bits per heavy atom. The third kappa shape index (κ3) is 4.30. The Bertz CT molecular complexity index is 631. The van der Waals surface area contributed by atoms with Gasteiger partial charge in [-0.25, -0.2) is 0 Å². The molecule has 0 atom stereocenters. The van der Waals surface area contributed by atoms with Gasteiger partial charge in [-0.1, -0.05) is 38.1 Å². The molecule has 1 amide bonds. The van der Waals surface area contributed by atoms with Crippen molar-refractivity contribution in [2.75, 3.05) is 5.32 Å². The van der Waals surface area contributed by atoms with Crippen LogP contribution < -0.4 is 5.32 Å². The van der Waals surface area contributed by atoms with E-state index in [1.165, 1.54) is 16.0 Å². The van der Waals surface area contributed by atoms with Crippen LogP contribution in [0.2, 0.25) is 0 Å². The van der Waals surface area contributed by atoms with E-state index in [-0.39, 0.29) is 5.91 Å². The second-order valence-corrected chi connectivity index (χ2v) is 6.75. The molecular weight excluding hydrogens is 278 g/mol. The molecule has 0 saturated heterocycles. The van der Waals surface area contributed by atoms with Crippen molar-refractivity contribution in [1.82, 2.24) is 0 Å². The minimum absolute atomic E-state index is 0.0933. The monoisotopic (exact) mass is 299 g/mol. The number of rotatable bonds is 4. The van der Waals surface area contributed by atoms with Crippen molar-refractivity contribution in [1.29, 1.82) is 0 Å². The second-order valence-electron chi connectivity index (χ2n) is 5.49. The summed E-state index contributed by atoms with van der Waals surface area (Å²) in [6.07, 6.45) is 3.42. The lowest BCUT2D eigenvalue weighted by Crippen LogP contribution is -2.06. The number of nitrogens with one attached hydrogen (secondary N) is 1. The lowest BCUT2D eigenvalue weighted by molar-refractivity contribution is -0.111. The fraction of sp³-hybridized carbons (Fsp3) is 0.278. The molecular formula is C18H21NOS. The van der Waals surface area contributed by atoms with Crippen molar-refractivity contribution in [3.8, 4) is 0 Å². The van der Waals surface area contributed by atoms with Crippen LogP contribution in [0.5, 0.6) is 0 Å². The molecule has 2 rings (SSSR count). The van der Waals surface area contributed by atoms with Crippen molar-refractivity contribution >= 4 is 28.3 Å². The lowest BCUT2D eigenvalue weighted by atomic mass is 10.0. The van der Waals surface area contributed by atoms with Gasteiger partial charge in [-0.05, 0) is 48.6 Å². The maximum atomic E-state index is 11.9. The van der Waals surface area contributed by atoms with Crippen LogP contribution in [0.4, 0.5) is 5.00 Å². The van der Waals surface area contributed by atoms with Crippen molar-refractivity contribution in [3.63, 3.8) is 0 Å². The third-order valence-electron chi connectivity index (χ3n) is 3.44. The predicted octanol–water partition coefficient (Wildman–Crippen LogP) is 5.14. The van der Waals surface area contributed by atoms with Gasteiger partial charge in [0.2, 0.25) is 5.91 Å². The van der Waals surface area contributed by atoms with Crippen LogP contribution in [0.1, 0.15) is 41.3 Å². The van der Waals surface area contributed by atoms with Gasteiger partial charge in [0.15, 0.2) is 0 Å². The lowest BCUT2D eigenvalue weighted by Gasteiger charge is -2.04. The Morgan fingerprint density at radius 2 is 1.86 bits per heavy atom. The van der Waals surface area contributed by atoms with Crippen LogP contribution in [0.3, 0.4) is 0 Å². The highest BCUT2D eigenvalue weighted by molar-refractivity contribution is 7.16. The van der Waals surface area contributed by atoms with Crippen LogP contribution in [0, 0.1) is 13.8 Å². The van der Waals surface area contributed by atoms with E-state index in [1.54, 1.807) is 17.4 Å². The number of carbonyl (C=O) groups excluding carboxylic acids is 1. The standard InChI is InChI=1S/C18H21NOS/c1-12(2)16-8-5-15(6-9-16)7-10-17(20)19-18-11-13(3)14(4)21-18/h5-12H,1-4H3,(H,19,20)/b10-7+. The molecule has 0 aliphatic heterocycles. The quantitative estimate of drug-likeness (QED) is 0.778. The molecule has 0 aliphatic rings. The molecule has 1 N–H and O–H groups in total. The van der Waals surface area contributed by atoms with Crippen LogP contribution >= 0.6 is 11.3 Å². The molecule has 1 aromatic heterocycles. The zero-order chi connectivity index (χ0) is 15.4. The number of aryl methyl sites for hydroxylation is 2. The molecule has 0 unspecified atom stereocenters. The largest absolute Gasteiger partial charge is 0.314 e. The van der Waals surface area contributed by atoms with Crippen LogP contribution in [-0.4, -0.2) is 5.91 Å². The van der Waals surface area contributed by atoms with Gasteiger partial charge in [-0.15, -0.1) is 11.3 Å². The zero-order valence-corrected chi connectivity index (χ0v) is 13.8. The van der Waals surface area contributed by atoms with Gasteiger partial charge in [0.05, 0.1) is 5.00 Å². The van der Waals surface area contributed by atoms with Crippen LogP contribution in [0.15, 0.2) is 36.4 Å². The summed E-state index contributed by atoms with van der Waals surface area (Å²) >= 11 is 1.60. The van der Waals surface area contributed by atoms with E-state index >= 15 is 0 Å². The SMILES string of the molecule is Cc1cc(NC(=O)/C=C/c2ccc(C(C)C)cc2)sc1C. The van der Waals surface area contributed by atoms with Crippen LogP contribution in [-0.2, 0) is 4.79 Å². The molecule has 2 nitrogen and oxygen atoms in total. The highest BCUT2D eigenvalue weighted by Gasteiger charge is 2.03. The third-order valence-corrected chi connectivity index (χ3v) is 4.51. The Hall–Kier alpha value is -1.87. The average Bonchev–Trinajstić information content (AvgIpc) is 2.75. The van der Waals surface area contributed by atoms with Crippen molar-refractivity contribution in [2.45, 2.75) is 33.6 Å². The number of amides is 1. The fourth-order valence-electron chi connectivity index (χ4n) is 1.96. The van der Waals surface area contributed by atoms with Crippen molar-refractivity contribution in [2.24, 2.45) is 0 Å². The molecule has 1 heterocycles. The summed E-state index contributed by atoms with van der Waals surface area (Å²) in [7, 11) is 0. The minimum Gasteiger partial charge on any atom is -0.314 e. The number of benzene rings is 1. The minimum atomic E-state index is -0.0933. The van der Waals surface area contributed by atoms with Gasteiger partial charge < -0.3 is 5.32 Å². The summed E-state index contributed by atoms with van der Waals surface area (Å²) in [6, 6.07) is 10.3. The molecule has 110 valence electrons. The molecule has 0 spiro atoms. The summed E-state index contributed by atoms with van der Waals surface area (Å²) in [6.45, 7) is 8.45. The first-order valence-electron chi connectivity index (χ1n) is 7.12. The molecule has 0 fully saturated rings. The molecule has 3 heteroatoms. The van der Waals surface area contributed by atoms with Gasteiger partial charge >= 0.3 is 0 Å². The molecule has 0 bridgehead atoms. The van der Waals surface area contributed by atoms with Crippen LogP contribution in [0.25, 0.3) is 6.08 Å². The molecule has 2 aromatic rings. The Kier molecular flexibility index (Phi) is 4.97. The highest BCUT2D eigenvalue weighted by atomic mass is 32.1. The van der Waals surface area contributed by atoms with Crippen molar-refractivity contribution in [3.05, 3.63) is 58.0 Å².